The lowest BCUT2D eigenvalue weighted by molar-refractivity contribution is 0.164. The van der Waals surface area contributed by atoms with Gasteiger partial charge in [0, 0.05) is 6.07 Å². The summed E-state index contributed by atoms with van der Waals surface area (Å²) in [6.07, 6.45) is 0.425. The fourth-order valence-corrected chi connectivity index (χ4v) is 1.47. The fraction of sp³-hybridized carbons (Fsp3) is 0.214. The first kappa shape index (κ1) is 12.4. The molecular weight excluding hydrogens is 232 g/mol. The summed E-state index contributed by atoms with van der Waals surface area (Å²) in [6.45, 7) is 1.84. The molecule has 0 aliphatic heterocycles. The van der Waals surface area contributed by atoms with Crippen molar-refractivity contribution < 1.29 is 14.3 Å². The molecule has 1 heterocycles. The molecule has 0 radical (unpaired) electrons. The number of ether oxygens (including phenoxy) is 1. The van der Waals surface area contributed by atoms with Crippen LogP contribution in [0.3, 0.4) is 0 Å². The number of aliphatic hydroxyl groups excluding tert-OH is 1. The lowest BCUT2D eigenvalue weighted by Crippen LogP contribution is -2.08. The van der Waals surface area contributed by atoms with Crippen molar-refractivity contribution in [1.82, 2.24) is 0 Å². The van der Waals surface area contributed by atoms with Crippen molar-refractivity contribution in [2.45, 2.75) is 19.6 Å². The van der Waals surface area contributed by atoms with E-state index in [2.05, 4.69) is 0 Å². The minimum absolute atomic E-state index is 0.142. The molecule has 1 unspecified atom stereocenters. The average molecular weight is 246 g/mol. The maximum Gasteiger partial charge on any atom is 0.227 e. The Morgan fingerprint density at radius 3 is 2.67 bits per heavy atom. The summed E-state index contributed by atoms with van der Waals surface area (Å²) in [5, 5.41) is 9.27. The van der Waals surface area contributed by atoms with Gasteiger partial charge in [0.25, 0.3) is 0 Å². The minimum Gasteiger partial charge on any atom is -0.482 e. The van der Waals surface area contributed by atoms with Crippen LogP contribution in [0.15, 0.2) is 51.9 Å². The van der Waals surface area contributed by atoms with Crippen molar-refractivity contribution in [1.29, 1.82) is 0 Å². The number of hydrogen-bond donors (Lipinski definition) is 1. The summed E-state index contributed by atoms with van der Waals surface area (Å²) in [5.74, 6) is 0.371. The maximum absolute atomic E-state index is 11.7. The Kier molecular flexibility index (Phi) is 3.79. The second-order valence-corrected chi connectivity index (χ2v) is 3.96. The molecule has 0 saturated heterocycles. The molecule has 0 saturated carbocycles. The Morgan fingerprint density at radius 2 is 2.06 bits per heavy atom. The lowest BCUT2D eigenvalue weighted by Gasteiger charge is -2.07. The SMILES string of the molecule is CC(O)c1cc(=O)c(OCc2ccccc2)co1. The van der Waals surface area contributed by atoms with Crippen LogP contribution in [-0.4, -0.2) is 5.11 Å². The van der Waals surface area contributed by atoms with Gasteiger partial charge in [-0.1, -0.05) is 30.3 Å². The van der Waals surface area contributed by atoms with Gasteiger partial charge in [-0.3, -0.25) is 4.79 Å². The molecule has 94 valence electrons. The third kappa shape index (κ3) is 2.99. The molecule has 0 amide bonds. The van der Waals surface area contributed by atoms with Gasteiger partial charge in [0.05, 0.1) is 0 Å². The molecule has 1 aromatic heterocycles. The Balaban J connectivity index is 2.09. The molecule has 1 atom stereocenters. The summed E-state index contributed by atoms with van der Waals surface area (Å²) >= 11 is 0. The Bertz CT molecular complexity index is 558. The first-order chi connectivity index (χ1) is 8.66. The highest BCUT2D eigenvalue weighted by atomic mass is 16.5. The topological polar surface area (TPSA) is 59.7 Å². The molecule has 4 nitrogen and oxygen atoms in total. The van der Waals surface area contributed by atoms with Crippen LogP contribution in [0.2, 0.25) is 0 Å². The quantitative estimate of drug-likeness (QED) is 0.899. The normalized spacial score (nSPS) is 12.1. The van der Waals surface area contributed by atoms with E-state index < -0.39 is 6.10 Å². The van der Waals surface area contributed by atoms with Crippen molar-refractivity contribution in [3.8, 4) is 5.75 Å². The number of benzene rings is 1. The van der Waals surface area contributed by atoms with Crippen molar-refractivity contribution in [2.75, 3.05) is 0 Å². The van der Waals surface area contributed by atoms with Crippen LogP contribution in [0.25, 0.3) is 0 Å². The van der Waals surface area contributed by atoms with E-state index in [4.69, 9.17) is 9.15 Å². The second-order valence-electron chi connectivity index (χ2n) is 3.96. The molecule has 0 bridgehead atoms. The maximum atomic E-state index is 11.7. The number of aliphatic hydroxyl groups is 1. The lowest BCUT2D eigenvalue weighted by atomic mass is 10.2. The monoisotopic (exact) mass is 246 g/mol. The molecule has 0 fully saturated rings. The fourth-order valence-electron chi connectivity index (χ4n) is 1.47. The Hall–Kier alpha value is -2.07. The Labute approximate surface area is 104 Å². The van der Waals surface area contributed by atoms with E-state index in [9.17, 15) is 9.90 Å². The minimum atomic E-state index is -0.805. The van der Waals surface area contributed by atoms with Gasteiger partial charge in [0.2, 0.25) is 11.2 Å². The van der Waals surface area contributed by atoms with Crippen molar-refractivity contribution in [3.63, 3.8) is 0 Å². The van der Waals surface area contributed by atoms with E-state index in [1.807, 2.05) is 30.3 Å². The second kappa shape index (κ2) is 5.51. The van der Waals surface area contributed by atoms with Crippen LogP contribution in [0, 0.1) is 0 Å². The summed E-state index contributed by atoms with van der Waals surface area (Å²) in [4.78, 5) is 11.7. The average Bonchev–Trinajstić information content (AvgIpc) is 2.38. The zero-order valence-electron chi connectivity index (χ0n) is 10.00. The smallest absolute Gasteiger partial charge is 0.227 e. The van der Waals surface area contributed by atoms with Crippen LogP contribution in [0.4, 0.5) is 0 Å². The molecule has 0 spiro atoms. The third-order valence-electron chi connectivity index (χ3n) is 2.47. The summed E-state index contributed by atoms with van der Waals surface area (Å²) in [5.41, 5.74) is 0.671. The number of hydrogen-bond acceptors (Lipinski definition) is 4. The highest BCUT2D eigenvalue weighted by molar-refractivity contribution is 5.20. The van der Waals surface area contributed by atoms with Crippen molar-refractivity contribution in [3.05, 3.63) is 64.2 Å². The predicted octanol–water partition coefficient (Wildman–Crippen LogP) is 2.27. The third-order valence-corrected chi connectivity index (χ3v) is 2.47. The predicted molar refractivity (Wildman–Crippen MR) is 66.4 cm³/mol. The molecule has 2 rings (SSSR count). The van der Waals surface area contributed by atoms with Gasteiger partial charge < -0.3 is 14.3 Å². The molecular formula is C14H14O4. The van der Waals surface area contributed by atoms with E-state index in [0.717, 1.165) is 5.56 Å². The highest BCUT2D eigenvalue weighted by Gasteiger charge is 2.08. The first-order valence-corrected chi connectivity index (χ1v) is 5.64. The van der Waals surface area contributed by atoms with Crippen LogP contribution in [-0.2, 0) is 6.61 Å². The van der Waals surface area contributed by atoms with Gasteiger partial charge >= 0.3 is 0 Å². The molecule has 1 aromatic carbocycles. The first-order valence-electron chi connectivity index (χ1n) is 5.64. The molecule has 4 heteroatoms. The van der Waals surface area contributed by atoms with Gasteiger partial charge in [-0.05, 0) is 12.5 Å². The summed E-state index contributed by atoms with van der Waals surface area (Å²) in [6, 6.07) is 10.8. The number of rotatable bonds is 4. The zero-order chi connectivity index (χ0) is 13.0. The molecule has 18 heavy (non-hydrogen) atoms. The van der Waals surface area contributed by atoms with E-state index in [-0.39, 0.29) is 16.9 Å². The van der Waals surface area contributed by atoms with Gasteiger partial charge in [-0.2, -0.15) is 0 Å². The van der Waals surface area contributed by atoms with Gasteiger partial charge in [0.15, 0.2) is 0 Å². The largest absolute Gasteiger partial charge is 0.482 e. The van der Waals surface area contributed by atoms with Crippen LogP contribution in [0.1, 0.15) is 24.4 Å². The molecule has 0 aliphatic carbocycles. The van der Waals surface area contributed by atoms with E-state index in [1.54, 1.807) is 0 Å². The van der Waals surface area contributed by atoms with Crippen molar-refractivity contribution >= 4 is 0 Å². The van der Waals surface area contributed by atoms with Crippen LogP contribution in [0.5, 0.6) is 5.75 Å². The zero-order valence-corrected chi connectivity index (χ0v) is 10.00. The summed E-state index contributed by atoms with van der Waals surface area (Å²) in [7, 11) is 0. The van der Waals surface area contributed by atoms with Gasteiger partial charge in [-0.25, -0.2) is 0 Å². The summed E-state index contributed by atoms with van der Waals surface area (Å²) < 4.78 is 10.5. The van der Waals surface area contributed by atoms with E-state index in [1.165, 1.54) is 19.3 Å². The molecule has 2 aromatic rings. The van der Waals surface area contributed by atoms with E-state index in [0.29, 0.717) is 6.61 Å². The molecule has 1 N–H and O–H groups in total. The highest BCUT2D eigenvalue weighted by Crippen LogP contribution is 2.13. The van der Waals surface area contributed by atoms with Crippen molar-refractivity contribution in [2.24, 2.45) is 0 Å². The van der Waals surface area contributed by atoms with Gasteiger partial charge in [-0.15, -0.1) is 0 Å². The van der Waals surface area contributed by atoms with Crippen LogP contribution < -0.4 is 10.2 Å². The standard InChI is InChI=1S/C14H14O4/c1-10(15)13-7-12(16)14(9-18-13)17-8-11-5-3-2-4-6-11/h2-7,9-10,15H,8H2,1H3. The Morgan fingerprint density at radius 1 is 1.33 bits per heavy atom. The van der Waals surface area contributed by atoms with Crippen LogP contribution >= 0.6 is 0 Å². The molecule has 0 aliphatic rings. The van der Waals surface area contributed by atoms with Gasteiger partial charge in [0.1, 0.15) is 24.7 Å². The van der Waals surface area contributed by atoms with E-state index >= 15 is 0 Å².